The van der Waals surface area contributed by atoms with Crippen LogP contribution in [0.25, 0.3) is 0 Å². The minimum atomic E-state index is -0.643. The Kier molecular flexibility index (Phi) is 1.03. The van der Waals surface area contributed by atoms with Gasteiger partial charge in [0.15, 0.2) is 0 Å². The van der Waals surface area contributed by atoms with E-state index in [-0.39, 0.29) is 5.90 Å². The van der Waals surface area contributed by atoms with Crippen molar-refractivity contribution in [1.82, 2.24) is 0 Å². The molecule has 0 bridgehead atoms. The number of fused-ring (bicyclic) bond motifs is 1. The molecule has 0 aromatic carbocycles. The summed E-state index contributed by atoms with van der Waals surface area (Å²) in [6.07, 6.45) is 1.65. The number of hydrogen-bond donors (Lipinski definition) is 0. The second-order valence-electron chi connectivity index (χ2n) is 1.99. The lowest BCUT2D eigenvalue weighted by molar-refractivity contribution is -0.351. The fraction of sp³-hybridized carbons (Fsp3) is 0.200. The summed E-state index contributed by atoms with van der Waals surface area (Å²) in [6, 6.07) is 0. The van der Waals surface area contributed by atoms with Gasteiger partial charge in [0, 0.05) is 6.08 Å². The maximum atomic E-state index is 10.1. The normalized spacial score (nSPS) is 19.8. The van der Waals surface area contributed by atoms with Crippen LogP contribution in [0, 0.1) is 10.1 Å². The second kappa shape index (κ2) is 1.88. The Morgan fingerprint density at radius 3 is 3.09 bits per heavy atom. The first-order valence-electron chi connectivity index (χ1n) is 2.92. The van der Waals surface area contributed by atoms with Crippen molar-refractivity contribution in [2.24, 2.45) is 9.98 Å². The maximum absolute atomic E-state index is 10.1. The molecule has 2 rings (SSSR count). The van der Waals surface area contributed by atoms with Crippen molar-refractivity contribution in [1.29, 1.82) is 0 Å². The van der Waals surface area contributed by atoms with Crippen molar-refractivity contribution in [3.63, 3.8) is 0 Å². The largest absolute Gasteiger partial charge is 0.473 e. The van der Waals surface area contributed by atoms with Crippen LogP contribution < -0.4 is 0 Å². The minimum absolute atomic E-state index is 0.261. The molecule has 11 heavy (non-hydrogen) atoms. The van der Waals surface area contributed by atoms with Crippen molar-refractivity contribution in [3.05, 3.63) is 21.9 Å². The molecule has 0 radical (unpaired) electrons. The predicted octanol–water partition coefficient (Wildman–Crippen LogP) is -0.0547. The number of ether oxygens (including phenoxy) is 1. The van der Waals surface area contributed by atoms with E-state index in [2.05, 4.69) is 9.98 Å². The molecule has 0 saturated heterocycles. The van der Waals surface area contributed by atoms with Crippen molar-refractivity contribution < 1.29 is 9.66 Å². The molecule has 0 unspecified atom stereocenters. The van der Waals surface area contributed by atoms with Crippen LogP contribution in [-0.4, -0.2) is 23.4 Å². The van der Waals surface area contributed by atoms with E-state index in [1.54, 1.807) is 6.08 Å². The molecule has 0 fully saturated rings. The number of aliphatic imine (C=N–C) groups is 2. The third-order valence-electron chi connectivity index (χ3n) is 1.30. The average Bonchev–Trinajstić information content (AvgIpc) is 2.40. The van der Waals surface area contributed by atoms with Gasteiger partial charge < -0.3 is 14.9 Å². The first kappa shape index (κ1) is 6.02. The Morgan fingerprint density at radius 1 is 1.64 bits per heavy atom. The van der Waals surface area contributed by atoms with E-state index in [9.17, 15) is 10.1 Å². The van der Waals surface area contributed by atoms with E-state index in [1.807, 2.05) is 0 Å². The van der Waals surface area contributed by atoms with E-state index < -0.39 is 10.9 Å². The van der Waals surface area contributed by atoms with Gasteiger partial charge in [-0.3, -0.25) is 0 Å². The molecule has 0 aromatic rings. The van der Waals surface area contributed by atoms with Crippen LogP contribution in [0.15, 0.2) is 21.8 Å². The number of guanidine groups is 1. The highest BCUT2D eigenvalue weighted by atomic mass is 16.6. The highest BCUT2D eigenvalue weighted by molar-refractivity contribution is 6.07. The van der Waals surface area contributed by atoms with Gasteiger partial charge in [0.2, 0.25) is 5.70 Å². The molecule has 0 atom stereocenters. The van der Waals surface area contributed by atoms with Gasteiger partial charge >= 0.3 is 11.9 Å². The number of hydrogen-bond acceptors (Lipinski definition) is 5. The van der Waals surface area contributed by atoms with Crippen molar-refractivity contribution in [2.75, 3.05) is 6.61 Å². The molecule has 2 aliphatic heterocycles. The second-order valence-corrected chi connectivity index (χ2v) is 1.99. The lowest BCUT2D eigenvalue weighted by Crippen LogP contribution is -2.06. The molecule has 2 aliphatic rings. The van der Waals surface area contributed by atoms with Crippen LogP contribution in [0.2, 0.25) is 0 Å². The van der Waals surface area contributed by atoms with Gasteiger partial charge in [-0.25, -0.2) is 0 Å². The summed E-state index contributed by atoms with van der Waals surface area (Å²) in [5.41, 5.74) is 0.469. The molecule has 56 valence electrons. The number of rotatable bonds is 0. The third kappa shape index (κ3) is 0.794. The SMILES string of the molecule is O=[N+]([O-])C1=NC2=CCOC2=N1. The summed E-state index contributed by atoms with van der Waals surface area (Å²) in [5.74, 6) is -0.136. The van der Waals surface area contributed by atoms with Gasteiger partial charge in [0.05, 0.1) is 0 Å². The summed E-state index contributed by atoms with van der Waals surface area (Å²) >= 11 is 0. The standard InChI is InChI=1S/C5H3N3O3/c9-8(10)5-6-3-1-2-11-4(3)7-5/h1H,2H2. The number of nitro groups is 1. The lowest BCUT2D eigenvalue weighted by atomic mass is 10.5. The highest BCUT2D eigenvalue weighted by Gasteiger charge is 2.32. The topological polar surface area (TPSA) is 77.1 Å². The minimum Gasteiger partial charge on any atom is -0.459 e. The van der Waals surface area contributed by atoms with Crippen LogP contribution in [0.3, 0.4) is 0 Å². The molecule has 6 nitrogen and oxygen atoms in total. The van der Waals surface area contributed by atoms with Gasteiger partial charge in [-0.2, -0.15) is 0 Å². The van der Waals surface area contributed by atoms with Gasteiger partial charge in [0.25, 0.3) is 0 Å². The molecular weight excluding hydrogens is 150 g/mol. The Morgan fingerprint density at radius 2 is 2.45 bits per heavy atom. The van der Waals surface area contributed by atoms with Gasteiger partial charge in [-0.05, 0) is 9.92 Å². The van der Waals surface area contributed by atoms with Gasteiger partial charge in [-0.1, -0.05) is 4.99 Å². The van der Waals surface area contributed by atoms with Crippen molar-refractivity contribution in [2.45, 2.75) is 0 Å². The number of nitrogens with zero attached hydrogens (tertiary/aromatic N) is 3. The summed E-state index contributed by atoms with van der Waals surface area (Å²) in [5, 5.41) is 10.1. The van der Waals surface area contributed by atoms with Crippen LogP contribution in [0.4, 0.5) is 0 Å². The zero-order valence-electron chi connectivity index (χ0n) is 5.35. The third-order valence-corrected chi connectivity index (χ3v) is 1.30. The lowest BCUT2D eigenvalue weighted by Gasteiger charge is -1.87. The van der Waals surface area contributed by atoms with Crippen LogP contribution >= 0.6 is 0 Å². The first-order valence-corrected chi connectivity index (χ1v) is 2.92. The van der Waals surface area contributed by atoms with Gasteiger partial charge in [0.1, 0.15) is 6.61 Å². The average molecular weight is 153 g/mol. The van der Waals surface area contributed by atoms with Crippen molar-refractivity contribution >= 4 is 11.9 Å². The molecule has 0 aliphatic carbocycles. The molecule has 0 amide bonds. The predicted molar refractivity (Wildman–Crippen MR) is 35.9 cm³/mol. The zero-order valence-corrected chi connectivity index (χ0v) is 5.35. The van der Waals surface area contributed by atoms with E-state index in [0.29, 0.717) is 12.3 Å². The monoisotopic (exact) mass is 153 g/mol. The van der Waals surface area contributed by atoms with Crippen LogP contribution in [-0.2, 0) is 4.74 Å². The summed E-state index contributed by atoms with van der Waals surface area (Å²) in [4.78, 5) is 16.6. The molecule has 0 saturated carbocycles. The van der Waals surface area contributed by atoms with E-state index >= 15 is 0 Å². The van der Waals surface area contributed by atoms with Crippen LogP contribution in [0.5, 0.6) is 0 Å². The van der Waals surface area contributed by atoms with E-state index in [1.165, 1.54) is 0 Å². The zero-order chi connectivity index (χ0) is 7.84. The molecular formula is C5H3N3O3. The van der Waals surface area contributed by atoms with Crippen molar-refractivity contribution in [3.8, 4) is 0 Å². The summed E-state index contributed by atoms with van der Waals surface area (Å²) in [6.45, 7) is 0.405. The fourth-order valence-corrected chi connectivity index (χ4v) is 0.849. The molecule has 0 N–H and O–H groups in total. The highest BCUT2D eigenvalue weighted by Crippen LogP contribution is 2.16. The Hall–Kier alpha value is -1.72. The molecule has 2 heterocycles. The fourth-order valence-electron chi connectivity index (χ4n) is 0.849. The van der Waals surface area contributed by atoms with Crippen LogP contribution in [0.1, 0.15) is 0 Å². The van der Waals surface area contributed by atoms with E-state index in [4.69, 9.17) is 4.74 Å². The summed E-state index contributed by atoms with van der Waals surface area (Å²) in [7, 11) is 0. The first-order chi connectivity index (χ1) is 5.27. The van der Waals surface area contributed by atoms with E-state index in [0.717, 1.165) is 0 Å². The Labute approximate surface area is 61.1 Å². The Balaban J connectivity index is 2.38. The maximum Gasteiger partial charge on any atom is 0.473 e. The Bertz CT molecular complexity index is 312. The van der Waals surface area contributed by atoms with Gasteiger partial charge in [-0.15, -0.1) is 0 Å². The quantitative estimate of drug-likeness (QED) is 0.361. The summed E-state index contributed by atoms with van der Waals surface area (Å²) < 4.78 is 4.90. The molecule has 6 heteroatoms. The molecule has 0 aromatic heterocycles. The smallest absolute Gasteiger partial charge is 0.459 e. The molecule has 0 spiro atoms.